The highest BCUT2D eigenvalue weighted by Crippen LogP contribution is 2.38. The largest absolute Gasteiger partial charge is 0.490 e. The first kappa shape index (κ1) is 15.6. The summed E-state index contributed by atoms with van der Waals surface area (Å²) in [6.45, 7) is 4.73. The van der Waals surface area contributed by atoms with Gasteiger partial charge in [0, 0.05) is 12.8 Å². The standard InChI is InChI=1S/C15H22BrNO3/c1-2-19-14-10-11(3-6-17)9-13(16)15(14)20-12-4-7-18-8-5-12/h9-10,12H,2-8,17H2,1H3. The number of nitrogens with two attached hydrogens (primary N) is 1. The molecule has 1 saturated heterocycles. The molecular weight excluding hydrogens is 322 g/mol. The first-order valence-corrected chi connectivity index (χ1v) is 7.93. The third-order valence-corrected chi connectivity index (χ3v) is 3.84. The molecule has 20 heavy (non-hydrogen) atoms. The molecule has 1 heterocycles. The van der Waals surface area contributed by atoms with E-state index in [-0.39, 0.29) is 6.10 Å². The van der Waals surface area contributed by atoms with Crippen molar-refractivity contribution in [2.24, 2.45) is 5.73 Å². The zero-order chi connectivity index (χ0) is 14.4. The molecule has 1 fully saturated rings. The maximum Gasteiger partial charge on any atom is 0.175 e. The summed E-state index contributed by atoms with van der Waals surface area (Å²) in [5, 5.41) is 0. The van der Waals surface area contributed by atoms with Crippen molar-refractivity contribution in [3.63, 3.8) is 0 Å². The summed E-state index contributed by atoms with van der Waals surface area (Å²) >= 11 is 3.59. The Morgan fingerprint density at radius 3 is 2.75 bits per heavy atom. The lowest BCUT2D eigenvalue weighted by Crippen LogP contribution is -2.26. The Hall–Kier alpha value is -0.780. The summed E-state index contributed by atoms with van der Waals surface area (Å²) in [6.07, 6.45) is 2.86. The Labute approximate surface area is 128 Å². The van der Waals surface area contributed by atoms with Crippen LogP contribution in [0, 0.1) is 0 Å². The molecule has 0 saturated carbocycles. The smallest absolute Gasteiger partial charge is 0.175 e. The molecule has 0 bridgehead atoms. The van der Waals surface area contributed by atoms with Crippen molar-refractivity contribution in [3.05, 3.63) is 22.2 Å². The molecule has 4 nitrogen and oxygen atoms in total. The van der Waals surface area contributed by atoms with Gasteiger partial charge in [-0.1, -0.05) is 0 Å². The minimum atomic E-state index is 0.194. The Morgan fingerprint density at radius 1 is 1.35 bits per heavy atom. The minimum absolute atomic E-state index is 0.194. The molecule has 0 aromatic heterocycles. The van der Waals surface area contributed by atoms with Gasteiger partial charge < -0.3 is 19.9 Å². The van der Waals surface area contributed by atoms with E-state index in [4.69, 9.17) is 19.9 Å². The van der Waals surface area contributed by atoms with Crippen LogP contribution in [0.2, 0.25) is 0 Å². The predicted molar refractivity (Wildman–Crippen MR) is 82.5 cm³/mol. The number of ether oxygens (including phenoxy) is 3. The monoisotopic (exact) mass is 343 g/mol. The summed E-state index contributed by atoms with van der Waals surface area (Å²) in [6, 6.07) is 4.08. The number of rotatable bonds is 6. The molecule has 0 atom stereocenters. The number of hydrogen-bond donors (Lipinski definition) is 1. The van der Waals surface area contributed by atoms with Crippen LogP contribution in [0.1, 0.15) is 25.3 Å². The molecule has 0 radical (unpaired) electrons. The van der Waals surface area contributed by atoms with Gasteiger partial charge in [0.25, 0.3) is 0 Å². The summed E-state index contributed by atoms with van der Waals surface area (Å²) in [5.74, 6) is 1.58. The second kappa shape index (κ2) is 7.86. The average Bonchev–Trinajstić information content (AvgIpc) is 2.44. The summed E-state index contributed by atoms with van der Waals surface area (Å²) in [4.78, 5) is 0. The number of hydrogen-bond acceptors (Lipinski definition) is 4. The van der Waals surface area contributed by atoms with Crippen LogP contribution in [-0.4, -0.2) is 32.5 Å². The fraction of sp³-hybridized carbons (Fsp3) is 0.600. The van der Waals surface area contributed by atoms with E-state index in [2.05, 4.69) is 22.0 Å². The van der Waals surface area contributed by atoms with Crippen molar-refractivity contribution in [2.45, 2.75) is 32.3 Å². The molecule has 1 aromatic rings. The van der Waals surface area contributed by atoms with Gasteiger partial charge in [0.05, 0.1) is 24.3 Å². The summed E-state index contributed by atoms with van der Waals surface area (Å²) < 4.78 is 18.1. The van der Waals surface area contributed by atoms with E-state index in [9.17, 15) is 0 Å². The van der Waals surface area contributed by atoms with Crippen LogP contribution in [0.3, 0.4) is 0 Å². The van der Waals surface area contributed by atoms with Gasteiger partial charge in [-0.2, -0.15) is 0 Å². The molecule has 0 spiro atoms. The molecule has 0 aliphatic carbocycles. The van der Waals surface area contributed by atoms with Gasteiger partial charge in [-0.15, -0.1) is 0 Å². The van der Waals surface area contributed by atoms with Gasteiger partial charge in [0.15, 0.2) is 11.5 Å². The molecule has 2 N–H and O–H groups in total. The molecule has 112 valence electrons. The van der Waals surface area contributed by atoms with Crippen molar-refractivity contribution < 1.29 is 14.2 Å². The minimum Gasteiger partial charge on any atom is -0.490 e. The average molecular weight is 344 g/mol. The fourth-order valence-corrected chi connectivity index (χ4v) is 2.85. The van der Waals surface area contributed by atoms with Crippen molar-refractivity contribution in [1.29, 1.82) is 0 Å². The van der Waals surface area contributed by atoms with Crippen LogP contribution in [0.15, 0.2) is 16.6 Å². The Balaban J connectivity index is 2.19. The zero-order valence-corrected chi connectivity index (χ0v) is 13.4. The Morgan fingerprint density at radius 2 is 2.10 bits per heavy atom. The van der Waals surface area contributed by atoms with E-state index in [1.807, 2.05) is 13.0 Å². The Kier molecular flexibility index (Phi) is 6.13. The van der Waals surface area contributed by atoms with Crippen LogP contribution in [-0.2, 0) is 11.2 Å². The van der Waals surface area contributed by atoms with Gasteiger partial charge in [0.1, 0.15) is 6.10 Å². The third-order valence-electron chi connectivity index (χ3n) is 3.26. The van der Waals surface area contributed by atoms with E-state index in [1.54, 1.807) is 0 Å². The lowest BCUT2D eigenvalue weighted by molar-refractivity contribution is 0.0240. The second-order valence-corrected chi connectivity index (χ2v) is 5.66. The lowest BCUT2D eigenvalue weighted by atomic mass is 10.1. The fourth-order valence-electron chi connectivity index (χ4n) is 2.27. The van der Waals surface area contributed by atoms with Crippen molar-refractivity contribution >= 4 is 15.9 Å². The highest BCUT2D eigenvalue weighted by molar-refractivity contribution is 9.10. The highest BCUT2D eigenvalue weighted by Gasteiger charge is 2.20. The first-order chi connectivity index (χ1) is 9.74. The molecular formula is C15H22BrNO3. The van der Waals surface area contributed by atoms with Crippen molar-refractivity contribution in [1.82, 2.24) is 0 Å². The quantitative estimate of drug-likeness (QED) is 0.862. The van der Waals surface area contributed by atoms with Crippen LogP contribution < -0.4 is 15.2 Å². The predicted octanol–water partition coefficient (Wildman–Crippen LogP) is 2.91. The van der Waals surface area contributed by atoms with Crippen LogP contribution in [0.4, 0.5) is 0 Å². The van der Waals surface area contributed by atoms with E-state index in [1.165, 1.54) is 0 Å². The molecule has 0 unspecified atom stereocenters. The molecule has 1 aliphatic rings. The maximum absolute atomic E-state index is 6.12. The van der Waals surface area contributed by atoms with E-state index >= 15 is 0 Å². The van der Waals surface area contributed by atoms with Gasteiger partial charge in [-0.05, 0) is 53.5 Å². The number of benzene rings is 1. The van der Waals surface area contributed by atoms with Crippen LogP contribution in [0.5, 0.6) is 11.5 Å². The summed E-state index contributed by atoms with van der Waals surface area (Å²) in [7, 11) is 0. The number of halogens is 1. The normalized spacial score (nSPS) is 16.1. The first-order valence-electron chi connectivity index (χ1n) is 7.14. The van der Waals surface area contributed by atoms with E-state index < -0.39 is 0 Å². The molecule has 2 rings (SSSR count). The van der Waals surface area contributed by atoms with Crippen molar-refractivity contribution in [2.75, 3.05) is 26.4 Å². The molecule has 5 heteroatoms. The van der Waals surface area contributed by atoms with E-state index in [0.29, 0.717) is 13.2 Å². The molecule has 1 aliphatic heterocycles. The van der Waals surface area contributed by atoms with Crippen LogP contribution >= 0.6 is 15.9 Å². The second-order valence-electron chi connectivity index (χ2n) is 4.81. The highest BCUT2D eigenvalue weighted by atomic mass is 79.9. The molecule has 0 amide bonds. The third kappa shape index (κ3) is 4.11. The van der Waals surface area contributed by atoms with Crippen LogP contribution in [0.25, 0.3) is 0 Å². The van der Waals surface area contributed by atoms with E-state index in [0.717, 1.165) is 54.0 Å². The topological polar surface area (TPSA) is 53.7 Å². The van der Waals surface area contributed by atoms with Gasteiger partial charge >= 0.3 is 0 Å². The maximum atomic E-state index is 6.12. The van der Waals surface area contributed by atoms with Crippen molar-refractivity contribution in [3.8, 4) is 11.5 Å². The Bertz CT molecular complexity index is 433. The van der Waals surface area contributed by atoms with Gasteiger partial charge in [-0.3, -0.25) is 0 Å². The molecule has 1 aromatic carbocycles. The van der Waals surface area contributed by atoms with Gasteiger partial charge in [0.2, 0.25) is 0 Å². The SMILES string of the molecule is CCOc1cc(CCN)cc(Br)c1OC1CCOCC1. The van der Waals surface area contributed by atoms with Gasteiger partial charge in [-0.25, -0.2) is 0 Å². The summed E-state index contributed by atoms with van der Waals surface area (Å²) in [5.41, 5.74) is 6.78. The zero-order valence-electron chi connectivity index (χ0n) is 11.9. The lowest BCUT2D eigenvalue weighted by Gasteiger charge is -2.25.